The molecule has 0 saturated heterocycles. The Bertz CT molecular complexity index is 587. The number of methoxy groups -OCH3 is 1. The van der Waals surface area contributed by atoms with E-state index in [2.05, 4.69) is 37.1 Å². The Hall–Kier alpha value is -1.81. The Balaban J connectivity index is 2.50. The van der Waals surface area contributed by atoms with Crippen molar-refractivity contribution in [2.45, 2.75) is 20.3 Å². The summed E-state index contributed by atoms with van der Waals surface area (Å²) in [6.07, 6.45) is 0.768. The minimum atomic E-state index is 0.647. The third kappa shape index (κ3) is 2.63. The molecule has 0 saturated carbocycles. The second-order valence-corrected chi connectivity index (χ2v) is 4.87. The van der Waals surface area contributed by atoms with Gasteiger partial charge < -0.3 is 10.5 Å². The van der Waals surface area contributed by atoms with Crippen LogP contribution in [-0.2, 0) is 18.2 Å². The van der Waals surface area contributed by atoms with Crippen molar-refractivity contribution >= 4 is 5.82 Å². The van der Waals surface area contributed by atoms with E-state index in [4.69, 9.17) is 10.5 Å². The van der Waals surface area contributed by atoms with E-state index in [0.29, 0.717) is 12.4 Å². The van der Waals surface area contributed by atoms with E-state index in [1.54, 1.807) is 11.8 Å². The van der Waals surface area contributed by atoms with Crippen molar-refractivity contribution in [2.24, 2.45) is 7.05 Å². The number of aryl methyl sites for hydroxylation is 3. The molecular formula is C15H21N3O. The van der Waals surface area contributed by atoms with Crippen molar-refractivity contribution in [3.63, 3.8) is 0 Å². The lowest BCUT2D eigenvalue weighted by molar-refractivity contribution is 0.201. The normalized spacial score (nSPS) is 10.9. The molecule has 0 unspecified atom stereocenters. The third-order valence-corrected chi connectivity index (χ3v) is 3.50. The van der Waals surface area contributed by atoms with E-state index in [1.165, 1.54) is 11.1 Å². The maximum atomic E-state index is 6.15. The molecular weight excluding hydrogens is 238 g/mol. The Labute approximate surface area is 114 Å². The highest BCUT2D eigenvalue weighted by Crippen LogP contribution is 2.30. The lowest BCUT2D eigenvalue weighted by Gasteiger charge is -2.07. The molecule has 102 valence electrons. The van der Waals surface area contributed by atoms with E-state index in [1.807, 2.05) is 7.05 Å². The zero-order chi connectivity index (χ0) is 14.0. The van der Waals surface area contributed by atoms with Crippen LogP contribution in [0.1, 0.15) is 16.8 Å². The third-order valence-electron chi connectivity index (χ3n) is 3.50. The number of rotatable bonds is 4. The summed E-state index contributed by atoms with van der Waals surface area (Å²) in [5.74, 6) is 0.703. The quantitative estimate of drug-likeness (QED) is 0.917. The summed E-state index contributed by atoms with van der Waals surface area (Å²) >= 11 is 0. The average molecular weight is 259 g/mol. The maximum Gasteiger partial charge on any atom is 0.129 e. The first-order valence-electron chi connectivity index (χ1n) is 6.42. The number of nitrogens with zero attached hydrogens (tertiary/aromatic N) is 2. The lowest BCUT2D eigenvalue weighted by Crippen LogP contribution is -1.98. The number of aromatic nitrogens is 2. The number of anilines is 1. The van der Waals surface area contributed by atoms with Gasteiger partial charge in [-0.2, -0.15) is 5.10 Å². The van der Waals surface area contributed by atoms with Crippen LogP contribution in [0.4, 0.5) is 5.82 Å². The second-order valence-electron chi connectivity index (χ2n) is 4.87. The van der Waals surface area contributed by atoms with Crippen LogP contribution < -0.4 is 5.73 Å². The average Bonchev–Trinajstić information content (AvgIpc) is 2.66. The number of nitrogen functional groups attached to an aromatic ring is 1. The summed E-state index contributed by atoms with van der Waals surface area (Å²) in [7, 11) is 3.57. The van der Waals surface area contributed by atoms with Gasteiger partial charge in [-0.05, 0) is 30.5 Å². The van der Waals surface area contributed by atoms with E-state index >= 15 is 0 Å². The van der Waals surface area contributed by atoms with Crippen LogP contribution in [0.2, 0.25) is 0 Å². The lowest BCUT2D eigenvalue weighted by atomic mass is 9.99. The molecule has 0 aliphatic carbocycles. The largest absolute Gasteiger partial charge is 0.384 e. The molecule has 0 bridgehead atoms. The first-order valence-corrected chi connectivity index (χ1v) is 6.42. The van der Waals surface area contributed by atoms with Crippen LogP contribution in [-0.4, -0.2) is 23.5 Å². The van der Waals surface area contributed by atoms with Gasteiger partial charge in [-0.3, -0.25) is 4.68 Å². The van der Waals surface area contributed by atoms with Crippen molar-refractivity contribution in [3.8, 4) is 11.1 Å². The fraction of sp³-hybridized carbons (Fsp3) is 0.400. The summed E-state index contributed by atoms with van der Waals surface area (Å²) in [6, 6.07) is 6.39. The molecule has 0 aliphatic heterocycles. The SMILES string of the molecule is COCCc1nn(C)c(N)c1-c1ccc(C)c(C)c1. The summed E-state index contributed by atoms with van der Waals surface area (Å²) in [6.45, 7) is 4.87. The van der Waals surface area contributed by atoms with E-state index < -0.39 is 0 Å². The molecule has 2 rings (SSSR count). The van der Waals surface area contributed by atoms with Gasteiger partial charge in [0.1, 0.15) is 5.82 Å². The first kappa shape index (κ1) is 13.6. The molecule has 2 aromatic rings. The van der Waals surface area contributed by atoms with Gasteiger partial charge in [-0.1, -0.05) is 18.2 Å². The number of benzene rings is 1. The second kappa shape index (κ2) is 5.45. The molecule has 0 atom stereocenters. The smallest absolute Gasteiger partial charge is 0.129 e. The molecule has 0 fully saturated rings. The maximum absolute atomic E-state index is 6.15. The predicted molar refractivity (Wildman–Crippen MR) is 78.1 cm³/mol. The Morgan fingerprint density at radius 2 is 2.00 bits per heavy atom. The van der Waals surface area contributed by atoms with Gasteiger partial charge in [0, 0.05) is 26.1 Å². The van der Waals surface area contributed by atoms with Crippen molar-refractivity contribution < 1.29 is 4.74 Å². The van der Waals surface area contributed by atoms with Crippen LogP contribution in [0.25, 0.3) is 11.1 Å². The van der Waals surface area contributed by atoms with E-state index in [0.717, 1.165) is 23.2 Å². The predicted octanol–water partition coefficient (Wildman–Crippen LogP) is 2.48. The van der Waals surface area contributed by atoms with Crippen molar-refractivity contribution in [2.75, 3.05) is 19.5 Å². The van der Waals surface area contributed by atoms with Crippen LogP contribution in [0.15, 0.2) is 18.2 Å². The summed E-state index contributed by atoms with van der Waals surface area (Å²) in [5.41, 5.74) is 11.8. The summed E-state index contributed by atoms with van der Waals surface area (Å²) in [4.78, 5) is 0. The Morgan fingerprint density at radius 1 is 1.26 bits per heavy atom. The highest BCUT2D eigenvalue weighted by atomic mass is 16.5. The first-order chi connectivity index (χ1) is 9.04. The van der Waals surface area contributed by atoms with E-state index in [-0.39, 0.29) is 0 Å². The number of ether oxygens (including phenoxy) is 1. The highest BCUT2D eigenvalue weighted by Gasteiger charge is 2.15. The van der Waals surface area contributed by atoms with Crippen molar-refractivity contribution in [1.82, 2.24) is 9.78 Å². The number of hydrogen-bond acceptors (Lipinski definition) is 3. The fourth-order valence-corrected chi connectivity index (χ4v) is 2.18. The van der Waals surface area contributed by atoms with Gasteiger partial charge in [-0.25, -0.2) is 0 Å². The fourth-order valence-electron chi connectivity index (χ4n) is 2.18. The Kier molecular flexibility index (Phi) is 3.90. The standard InChI is InChI=1S/C15H21N3O/c1-10-5-6-12(9-11(10)2)14-13(7-8-19-4)17-18(3)15(14)16/h5-6,9H,7-8,16H2,1-4H3. The number of nitrogens with two attached hydrogens (primary N) is 1. The van der Waals surface area contributed by atoms with Crippen LogP contribution >= 0.6 is 0 Å². The topological polar surface area (TPSA) is 53.1 Å². The molecule has 1 heterocycles. The van der Waals surface area contributed by atoms with Gasteiger partial charge in [0.15, 0.2) is 0 Å². The molecule has 2 N–H and O–H groups in total. The molecule has 19 heavy (non-hydrogen) atoms. The molecule has 0 spiro atoms. The van der Waals surface area contributed by atoms with Gasteiger partial charge in [0.05, 0.1) is 12.3 Å². The molecule has 0 amide bonds. The summed E-state index contributed by atoms with van der Waals surface area (Å²) < 4.78 is 6.87. The van der Waals surface area contributed by atoms with Crippen LogP contribution in [0.5, 0.6) is 0 Å². The van der Waals surface area contributed by atoms with Crippen molar-refractivity contribution in [1.29, 1.82) is 0 Å². The molecule has 0 aliphatic rings. The van der Waals surface area contributed by atoms with Gasteiger partial charge in [0.25, 0.3) is 0 Å². The van der Waals surface area contributed by atoms with Gasteiger partial charge in [0.2, 0.25) is 0 Å². The van der Waals surface area contributed by atoms with Gasteiger partial charge >= 0.3 is 0 Å². The van der Waals surface area contributed by atoms with E-state index in [9.17, 15) is 0 Å². The molecule has 0 radical (unpaired) electrons. The molecule has 1 aromatic heterocycles. The molecule has 1 aromatic carbocycles. The minimum Gasteiger partial charge on any atom is -0.384 e. The van der Waals surface area contributed by atoms with Crippen molar-refractivity contribution in [3.05, 3.63) is 35.0 Å². The zero-order valence-electron chi connectivity index (χ0n) is 12.0. The Morgan fingerprint density at radius 3 is 2.63 bits per heavy atom. The monoisotopic (exact) mass is 259 g/mol. The van der Waals surface area contributed by atoms with Crippen LogP contribution in [0.3, 0.4) is 0 Å². The molecule has 4 heteroatoms. The zero-order valence-corrected chi connectivity index (χ0v) is 12.0. The van der Waals surface area contributed by atoms with Crippen LogP contribution in [0, 0.1) is 13.8 Å². The minimum absolute atomic E-state index is 0.647. The summed E-state index contributed by atoms with van der Waals surface area (Å²) in [5, 5.41) is 4.49. The molecule has 4 nitrogen and oxygen atoms in total. The van der Waals surface area contributed by atoms with Gasteiger partial charge in [-0.15, -0.1) is 0 Å². The number of hydrogen-bond donors (Lipinski definition) is 1. The highest BCUT2D eigenvalue weighted by molar-refractivity contribution is 5.77.